The number of tetrazole rings is 1. The second-order valence-electron chi connectivity index (χ2n) is 8.41. The molecule has 1 aliphatic rings. The minimum Gasteiger partial charge on any atom is -0.358 e. The number of fused-ring (bicyclic) bond motifs is 1. The molecular formula is C24H25N7O2. The number of piperazine rings is 1. The van der Waals surface area contributed by atoms with E-state index in [-0.39, 0.29) is 0 Å². The van der Waals surface area contributed by atoms with E-state index in [9.17, 15) is 9.59 Å². The van der Waals surface area contributed by atoms with Crippen LogP contribution in [0.1, 0.15) is 27.4 Å². The number of carbonyl (C=O) groups is 2. The molecule has 4 aromatic rings. The van der Waals surface area contributed by atoms with Gasteiger partial charge >= 0.3 is 0 Å². The maximum Gasteiger partial charge on any atom is 0.295 e. The lowest BCUT2D eigenvalue weighted by molar-refractivity contribution is -0.128. The number of benzene rings is 2. The van der Waals surface area contributed by atoms with E-state index in [1.807, 2.05) is 62.4 Å². The van der Waals surface area contributed by atoms with Crippen LogP contribution in [0.4, 0.5) is 0 Å². The minimum atomic E-state index is -0.457. The summed E-state index contributed by atoms with van der Waals surface area (Å²) in [5.41, 5.74) is 4.13. The lowest BCUT2D eigenvalue weighted by Gasteiger charge is -2.34. The van der Waals surface area contributed by atoms with Crippen LogP contribution in [0.15, 0.2) is 48.5 Å². The van der Waals surface area contributed by atoms with Gasteiger partial charge in [0.05, 0.1) is 17.8 Å². The second-order valence-corrected chi connectivity index (χ2v) is 8.41. The molecule has 168 valence electrons. The Morgan fingerprint density at radius 1 is 0.970 bits per heavy atom. The number of aromatic amines is 1. The summed E-state index contributed by atoms with van der Waals surface area (Å²) in [4.78, 5) is 33.1. The number of amides is 1. The number of H-pyrrole nitrogens is 1. The van der Waals surface area contributed by atoms with Crippen molar-refractivity contribution in [2.24, 2.45) is 0 Å². The number of carbonyl (C=O) groups excluding carboxylic acids is 2. The van der Waals surface area contributed by atoms with E-state index >= 15 is 0 Å². The zero-order chi connectivity index (χ0) is 22.9. The lowest BCUT2D eigenvalue weighted by Crippen LogP contribution is -2.50. The van der Waals surface area contributed by atoms with Crippen LogP contribution in [-0.4, -0.2) is 72.9 Å². The number of hydrogen-bond donors (Lipinski definition) is 1. The van der Waals surface area contributed by atoms with Gasteiger partial charge in [-0.05, 0) is 42.5 Å². The number of rotatable bonds is 5. The molecular weight excluding hydrogens is 418 g/mol. The van der Waals surface area contributed by atoms with Crippen molar-refractivity contribution in [1.29, 1.82) is 0 Å². The molecule has 0 spiro atoms. The fraction of sp³-hybridized carbons (Fsp3) is 0.292. The highest BCUT2D eigenvalue weighted by Crippen LogP contribution is 2.23. The monoisotopic (exact) mass is 443 g/mol. The van der Waals surface area contributed by atoms with Crippen molar-refractivity contribution in [2.75, 3.05) is 26.2 Å². The average molecular weight is 444 g/mol. The maximum atomic E-state index is 13.0. The first-order chi connectivity index (χ1) is 16.0. The molecule has 1 amide bonds. The van der Waals surface area contributed by atoms with Gasteiger partial charge in [-0.2, -0.15) is 4.68 Å². The van der Waals surface area contributed by atoms with Gasteiger partial charge < -0.3 is 9.88 Å². The Morgan fingerprint density at radius 3 is 2.45 bits per heavy atom. The lowest BCUT2D eigenvalue weighted by atomic mass is 10.1. The van der Waals surface area contributed by atoms with Crippen molar-refractivity contribution in [3.05, 3.63) is 71.2 Å². The summed E-state index contributed by atoms with van der Waals surface area (Å²) in [5.74, 6) is -0.169. The van der Waals surface area contributed by atoms with E-state index in [1.165, 1.54) is 5.56 Å². The van der Waals surface area contributed by atoms with Crippen LogP contribution in [0.25, 0.3) is 16.6 Å². The first-order valence-corrected chi connectivity index (χ1v) is 11.0. The van der Waals surface area contributed by atoms with Crippen LogP contribution in [0.2, 0.25) is 0 Å². The Labute approximate surface area is 191 Å². The normalized spacial score (nSPS) is 14.7. The van der Waals surface area contributed by atoms with E-state index in [4.69, 9.17) is 0 Å². The quantitative estimate of drug-likeness (QED) is 0.375. The molecule has 0 aliphatic carbocycles. The van der Waals surface area contributed by atoms with Gasteiger partial charge in [0.25, 0.3) is 11.7 Å². The third-order valence-electron chi connectivity index (χ3n) is 6.15. The second kappa shape index (κ2) is 8.59. The van der Waals surface area contributed by atoms with E-state index in [0.717, 1.165) is 28.1 Å². The molecule has 0 atom stereocenters. The Kier molecular flexibility index (Phi) is 5.47. The number of aromatic nitrogens is 5. The summed E-state index contributed by atoms with van der Waals surface area (Å²) >= 11 is 0. The number of aryl methyl sites for hydroxylation is 2. The van der Waals surface area contributed by atoms with Gasteiger partial charge in [0, 0.05) is 42.8 Å². The summed E-state index contributed by atoms with van der Waals surface area (Å²) in [6.07, 6.45) is 0. The minimum absolute atomic E-state index is 0.452. The molecule has 5 rings (SSSR count). The molecule has 2 aromatic carbocycles. The topological polar surface area (TPSA) is 100 Å². The number of para-hydroxylation sites is 1. The Morgan fingerprint density at radius 2 is 1.70 bits per heavy atom. The van der Waals surface area contributed by atoms with Gasteiger partial charge in [0.1, 0.15) is 0 Å². The van der Waals surface area contributed by atoms with Gasteiger partial charge in [-0.25, -0.2) is 0 Å². The molecule has 1 fully saturated rings. The van der Waals surface area contributed by atoms with Gasteiger partial charge in [-0.1, -0.05) is 35.9 Å². The van der Waals surface area contributed by atoms with Crippen LogP contribution in [0, 0.1) is 13.8 Å². The fourth-order valence-electron chi connectivity index (χ4n) is 4.32. The number of Topliss-reactive ketones (excluding diaryl/α,β-unsaturated/α-hetero) is 1. The third kappa shape index (κ3) is 4.03. The smallest absolute Gasteiger partial charge is 0.295 e. The summed E-state index contributed by atoms with van der Waals surface area (Å²) in [7, 11) is 0. The predicted molar refractivity (Wildman–Crippen MR) is 123 cm³/mol. The highest BCUT2D eigenvalue weighted by molar-refractivity contribution is 6.45. The molecule has 0 unspecified atom stereocenters. The third-order valence-corrected chi connectivity index (χ3v) is 6.15. The van der Waals surface area contributed by atoms with Crippen LogP contribution in [-0.2, 0) is 11.3 Å². The Bertz CT molecular complexity index is 1310. The molecule has 9 nitrogen and oxygen atoms in total. The fourth-order valence-corrected chi connectivity index (χ4v) is 4.32. The highest BCUT2D eigenvalue weighted by Gasteiger charge is 2.30. The van der Waals surface area contributed by atoms with E-state index < -0.39 is 11.7 Å². The van der Waals surface area contributed by atoms with Crippen molar-refractivity contribution in [2.45, 2.75) is 20.4 Å². The van der Waals surface area contributed by atoms with Crippen LogP contribution in [0.5, 0.6) is 0 Å². The molecule has 3 heterocycles. The standard InChI is InChI=1S/C24H25N7O2/c1-16-7-9-18(10-8-16)31-21(26-27-28-31)15-29-11-13-30(14-12-29)24(33)23(32)22-17(2)25-20-6-4-3-5-19(20)22/h3-10,25H,11-15H2,1-2H3. The summed E-state index contributed by atoms with van der Waals surface area (Å²) in [5, 5.41) is 12.9. The molecule has 1 N–H and O–H groups in total. The Hall–Kier alpha value is -3.85. The largest absolute Gasteiger partial charge is 0.358 e. The van der Waals surface area contributed by atoms with Gasteiger partial charge in [-0.3, -0.25) is 14.5 Å². The molecule has 33 heavy (non-hydrogen) atoms. The predicted octanol–water partition coefficient (Wildman–Crippen LogP) is 2.29. The molecule has 1 aliphatic heterocycles. The average Bonchev–Trinajstić information content (AvgIpc) is 3.42. The molecule has 9 heteroatoms. The first-order valence-electron chi connectivity index (χ1n) is 11.0. The zero-order valence-corrected chi connectivity index (χ0v) is 18.7. The van der Waals surface area contributed by atoms with E-state index in [2.05, 4.69) is 25.4 Å². The number of ketones is 1. The summed E-state index contributed by atoms with van der Waals surface area (Å²) in [6.45, 7) is 6.69. The molecule has 0 radical (unpaired) electrons. The van der Waals surface area contributed by atoms with Crippen LogP contribution < -0.4 is 0 Å². The number of nitrogens with zero attached hydrogens (tertiary/aromatic N) is 6. The van der Waals surface area contributed by atoms with Crippen molar-refractivity contribution < 1.29 is 9.59 Å². The van der Waals surface area contributed by atoms with Crippen molar-refractivity contribution in [3.63, 3.8) is 0 Å². The van der Waals surface area contributed by atoms with Gasteiger partial charge in [-0.15, -0.1) is 5.10 Å². The molecule has 0 bridgehead atoms. The number of nitrogens with one attached hydrogen (secondary N) is 1. The van der Waals surface area contributed by atoms with Gasteiger partial charge in [0.15, 0.2) is 5.82 Å². The maximum absolute atomic E-state index is 13.0. The van der Waals surface area contributed by atoms with Crippen molar-refractivity contribution in [3.8, 4) is 5.69 Å². The van der Waals surface area contributed by atoms with Crippen molar-refractivity contribution >= 4 is 22.6 Å². The van der Waals surface area contributed by atoms with Crippen LogP contribution in [0.3, 0.4) is 0 Å². The SMILES string of the molecule is Cc1ccc(-n2nnnc2CN2CCN(C(=O)C(=O)c3c(C)[nH]c4ccccc34)CC2)cc1. The zero-order valence-electron chi connectivity index (χ0n) is 18.7. The first kappa shape index (κ1) is 21.0. The van der Waals surface area contributed by atoms with E-state index in [0.29, 0.717) is 38.3 Å². The molecule has 0 saturated carbocycles. The van der Waals surface area contributed by atoms with E-state index in [1.54, 1.807) is 9.58 Å². The summed E-state index contributed by atoms with van der Waals surface area (Å²) < 4.78 is 1.74. The summed E-state index contributed by atoms with van der Waals surface area (Å²) in [6, 6.07) is 15.6. The van der Waals surface area contributed by atoms with Gasteiger partial charge in [0.2, 0.25) is 0 Å². The van der Waals surface area contributed by atoms with Crippen LogP contribution >= 0.6 is 0 Å². The van der Waals surface area contributed by atoms with Crippen molar-refractivity contribution in [1.82, 2.24) is 35.0 Å². The molecule has 2 aromatic heterocycles. The Balaban J connectivity index is 1.24. The molecule has 1 saturated heterocycles. The highest BCUT2D eigenvalue weighted by atomic mass is 16.2. The number of hydrogen-bond acceptors (Lipinski definition) is 6.